The summed E-state index contributed by atoms with van der Waals surface area (Å²) in [7, 11) is 0. The molecular weight excluding hydrogens is 120 g/mol. The van der Waals surface area contributed by atoms with Crippen molar-refractivity contribution in [1.29, 1.82) is 0 Å². The van der Waals surface area contributed by atoms with E-state index in [1.54, 1.807) is 0 Å². The molecule has 0 fully saturated rings. The zero-order valence-corrected chi connectivity index (χ0v) is 4.11. The van der Waals surface area contributed by atoms with Crippen LogP contribution in [0.15, 0.2) is 5.10 Å². The summed E-state index contributed by atoms with van der Waals surface area (Å²) < 4.78 is 11.8. The van der Waals surface area contributed by atoms with Gasteiger partial charge in [0.25, 0.3) is 0 Å². The highest BCUT2D eigenvalue weighted by Gasteiger charge is 2.11. The average Bonchev–Trinajstić information content (AvgIpc) is 1.91. The molecule has 0 aromatic heterocycles. The summed E-state index contributed by atoms with van der Waals surface area (Å²) in [6.45, 7) is 0.0544. The summed E-state index contributed by atoms with van der Waals surface area (Å²) in [5, 5.41) is 3.47. The number of nitrogens with one attached hydrogen (secondary N) is 1. The molecule has 0 bridgehead atoms. The second-order valence-corrected chi connectivity index (χ2v) is 1.40. The van der Waals surface area contributed by atoms with Crippen molar-refractivity contribution in [3.8, 4) is 0 Å². The van der Waals surface area contributed by atoms with Crippen molar-refractivity contribution in [3.63, 3.8) is 0 Å². The van der Waals surface area contributed by atoms with Gasteiger partial charge in [0.05, 0.1) is 0 Å². The predicted molar refractivity (Wildman–Crippen MR) is 24.2 cm³/mol. The maximum absolute atomic E-state index is 11.8. The van der Waals surface area contributed by atoms with Crippen LogP contribution in [-0.2, 0) is 0 Å². The molecule has 1 rings (SSSR count). The summed E-state index contributed by atoms with van der Waals surface area (Å²) in [5.41, 5.74) is 2.33. The molecule has 0 unspecified atom stereocenters. The van der Waals surface area contributed by atoms with E-state index in [-0.39, 0.29) is 12.0 Å². The van der Waals surface area contributed by atoms with Gasteiger partial charge in [0.15, 0.2) is 0 Å². The number of rotatable bonds is 0. The average molecular weight is 124 g/mol. The highest BCUT2D eigenvalue weighted by atomic mass is 35.5. The number of hydrogen-bond acceptors (Lipinski definition) is 3. The van der Waals surface area contributed by atoms with E-state index in [4.69, 9.17) is 11.6 Å². The zero-order chi connectivity index (χ0) is 5.28. The van der Waals surface area contributed by atoms with Crippen molar-refractivity contribution in [1.82, 2.24) is 10.5 Å². The molecule has 1 N–H and O–H groups in total. The van der Waals surface area contributed by atoms with Crippen molar-refractivity contribution in [2.45, 2.75) is 0 Å². The smallest absolute Gasteiger partial charge is 0.246 e. The fourth-order valence-electron chi connectivity index (χ4n) is 0.282. The first-order valence-electron chi connectivity index (χ1n) is 1.70. The van der Waals surface area contributed by atoms with Gasteiger partial charge in [-0.2, -0.15) is 5.12 Å². The topological polar surface area (TPSA) is 27.6 Å². The minimum absolute atomic E-state index is 0.0544. The number of halogens is 2. The van der Waals surface area contributed by atoms with Crippen molar-refractivity contribution in [3.05, 3.63) is 0 Å². The van der Waals surface area contributed by atoms with Crippen LogP contribution in [0.25, 0.3) is 0 Å². The van der Waals surface area contributed by atoms with Gasteiger partial charge in [0.2, 0.25) is 5.29 Å². The maximum atomic E-state index is 11.8. The molecular formula is C2H3ClFN3. The summed E-state index contributed by atoms with van der Waals surface area (Å²) in [5.74, 6) is 0. The van der Waals surface area contributed by atoms with E-state index in [0.29, 0.717) is 5.12 Å². The van der Waals surface area contributed by atoms with Gasteiger partial charge < -0.3 is 0 Å². The molecule has 40 valence electrons. The van der Waals surface area contributed by atoms with E-state index < -0.39 is 0 Å². The SMILES string of the molecule is FN1CNN=C1Cl. The zero-order valence-electron chi connectivity index (χ0n) is 3.36. The highest BCUT2D eigenvalue weighted by molar-refractivity contribution is 6.64. The summed E-state index contributed by atoms with van der Waals surface area (Å²) in [6, 6.07) is 0. The molecule has 0 aliphatic carbocycles. The molecule has 0 spiro atoms. The highest BCUT2D eigenvalue weighted by Crippen LogP contribution is 1.99. The molecule has 3 nitrogen and oxygen atoms in total. The molecule has 7 heavy (non-hydrogen) atoms. The minimum atomic E-state index is -0.139. The lowest BCUT2D eigenvalue weighted by Gasteiger charge is -1.96. The molecule has 0 saturated carbocycles. The Bertz CT molecular complexity index is 103. The summed E-state index contributed by atoms with van der Waals surface area (Å²) in [4.78, 5) is 0. The Kier molecular flexibility index (Phi) is 1.02. The van der Waals surface area contributed by atoms with Gasteiger partial charge in [-0.3, -0.25) is 5.43 Å². The van der Waals surface area contributed by atoms with E-state index in [2.05, 4.69) is 10.5 Å². The van der Waals surface area contributed by atoms with Crippen LogP contribution in [0.5, 0.6) is 0 Å². The third-order valence-electron chi connectivity index (χ3n) is 0.581. The van der Waals surface area contributed by atoms with Crippen LogP contribution >= 0.6 is 11.6 Å². The molecule has 1 heterocycles. The fraction of sp³-hybridized carbons (Fsp3) is 0.500. The van der Waals surface area contributed by atoms with Gasteiger partial charge in [-0.15, -0.1) is 5.10 Å². The lowest BCUT2D eigenvalue weighted by molar-refractivity contribution is 0.131. The number of hydrazone groups is 1. The minimum Gasteiger partial charge on any atom is -0.285 e. The van der Waals surface area contributed by atoms with E-state index in [1.165, 1.54) is 0 Å². The monoisotopic (exact) mass is 123 g/mol. The standard InChI is InChI=1S/C2H3ClFN3/c3-2-6-5-1-7(2)4/h5H,1H2. The second kappa shape index (κ2) is 1.54. The van der Waals surface area contributed by atoms with Gasteiger partial charge in [0.1, 0.15) is 6.67 Å². The van der Waals surface area contributed by atoms with Crippen molar-refractivity contribution >= 4 is 16.9 Å². The third-order valence-corrected chi connectivity index (χ3v) is 0.849. The van der Waals surface area contributed by atoms with E-state index in [1.807, 2.05) is 0 Å². The summed E-state index contributed by atoms with van der Waals surface area (Å²) in [6.07, 6.45) is 0. The molecule has 0 radical (unpaired) electrons. The van der Waals surface area contributed by atoms with E-state index in [9.17, 15) is 4.48 Å². The Balaban J connectivity index is 2.54. The van der Waals surface area contributed by atoms with Gasteiger partial charge in [-0.1, -0.05) is 4.48 Å². The molecule has 0 aromatic carbocycles. The van der Waals surface area contributed by atoms with Crippen LogP contribution in [-0.4, -0.2) is 17.1 Å². The molecule has 1 aliphatic heterocycles. The van der Waals surface area contributed by atoms with Gasteiger partial charge in [-0.05, 0) is 11.6 Å². The first kappa shape index (κ1) is 4.64. The maximum Gasteiger partial charge on any atom is 0.246 e. The quantitative estimate of drug-likeness (QED) is 0.369. The van der Waals surface area contributed by atoms with Crippen molar-refractivity contribution in [2.75, 3.05) is 6.67 Å². The lowest BCUT2D eigenvalue weighted by atomic mass is 11.1. The molecule has 0 aromatic rings. The van der Waals surface area contributed by atoms with Crippen molar-refractivity contribution < 1.29 is 4.48 Å². The molecule has 0 amide bonds. The number of hydrogen-bond donors (Lipinski definition) is 1. The normalized spacial score (nSPS) is 19.1. The van der Waals surface area contributed by atoms with Crippen LogP contribution in [0.1, 0.15) is 0 Å². The Labute approximate surface area is 44.7 Å². The van der Waals surface area contributed by atoms with E-state index >= 15 is 0 Å². The van der Waals surface area contributed by atoms with Crippen LogP contribution in [0.2, 0.25) is 0 Å². The molecule has 0 atom stereocenters. The van der Waals surface area contributed by atoms with Crippen LogP contribution < -0.4 is 5.43 Å². The van der Waals surface area contributed by atoms with Gasteiger partial charge >= 0.3 is 0 Å². The predicted octanol–water partition coefficient (Wildman–Crippen LogP) is 0.243. The lowest BCUT2D eigenvalue weighted by Crippen LogP contribution is -2.16. The molecule has 0 saturated heterocycles. The van der Waals surface area contributed by atoms with Gasteiger partial charge in [-0.25, -0.2) is 0 Å². The number of nitrogens with zero attached hydrogens (tertiary/aromatic N) is 2. The Hall–Kier alpha value is -0.510. The van der Waals surface area contributed by atoms with Gasteiger partial charge in [0, 0.05) is 0 Å². The van der Waals surface area contributed by atoms with Crippen molar-refractivity contribution in [2.24, 2.45) is 5.10 Å². The Morgan fingerprint density at radius 2 is 2.71 bits per heavy atom. The first-order chi connectivity index (χ1) is 3.30. The Morgan fingerprint density at radius 3 is 2.86 bits per heavy atom. The van der Waals surface area contributed by atoms with Crippen LogP contribution in [0, 0.1) is 0 Å². The van der Waals surface area contributed by atoms with Crippen LogP contribution in [0.3, 0.4) is 0 Å². The van der Waals surface area contributed by atoms with E-state index in [0.717, 1.165) is 0 Å². The molecule has 1 aliphatic rings. The number of amidine groups is 1. The summed E-state index contributed by atoms with van der Waals surface area (Å²) >= 11 is 5.10. The molecule has 5 heteroatoms. The fourth-order valence-corrected chi connectivity index (χ4v) is 0.402. The third kappa shape index (κ3) is 0.742. The first-order valence-corrected chi connectivity index (χ1v) is 2.08. The Morgan fingerprint density at radius 1 is 2.00 bits per heavy atom. The van der Waals surface area contributed by atoms with Crippen LogP contribution in [0.4, 0.5) is 4.48 Å². The second-order valence-electron chi connectivity index (χ2n) is 1.06. The largest absolute Gasteiger partial charge is 0.285 e.